The first-order valence-electron chi connectivity index (χ1n) is 12.4. The summed E-state index contributed by atoms with van der Waals surface area (Å²) in [5.41, 5.74) is 3.35. The summed E-state index contributed by atoms with van der Waals surface area (Å²) >= 11 is 7.28. The highest BCUT2D eigenvalue weighted by Gasteiger charge is 2.32. The molecule has 3 aromatic carbocycles. The Morgan fingerprint density at radius 2 is 1.60 bits per heavy atom. The lowest BCUT2D eigenvalue weighted by molar-refractivity contribution is -0.137. The fourth-order valence-electron chi connectivity index (χ4n) is 4.08. The summed E-state index contributed by atoms with van der Waals surface area (Å²) in [5, 5.41) is 3.91. The standard InChI is InChI=1S/C30H28ClFN4O3S/c1-19-16-20(2)34-30(33-19)40-18-27(37)36(17-21-4-8-23(31)9-5-21)28(22-6-10-24(32)11-7-22)29(38)35-25-12-14-26(39-3)15-13-25/h4-16,28H,17-18H2,1-3H3,(H,35,38). The van der Waals surface area contributed by atoms with Gasteiger partial charge in [-0.25, -0.2) is 14.4 Å². The minimum Gasteiger partial charge on any atom is -0.497 e. The number of amides is 2. The normalized spacial score (nSPS) is 11.5. The van der Waals surface area contributed by atoms with Crippen molar-refractivity contribution in [2.75, 3.05) is 18.2 Å². The van der Waals surface area contributed by atoms with Gasteiger partial charge in [-0.3, -0.25) is 9.59 Å². The first-order valence-corrected chi connectivity index (χ1v) is 13.8. The highest BCUT2D eigenvalue weighted by molar-refractivity contribution is 7.99. The second kappa shape index (κ2) is 13.4. The third-order valence-electron chi connectivity index (χ3n) is 5.98. The number of aryl methyl sites for hydroxylation is 2. The van der Waals surface area contributed by atoms with Crippen LogP contribution in [0.4, 0.5) is 10.1 Å². The van der Waals surface area contributed by atoms with Crippen molar-refractivity contribution in [3.05, 3.63) is 112 Å². The Morgan fingerprint density at radius 3 is 2.20 bits per heavy atom. The van der Waals surface area contributed by atoms with Crippen LogP contribution in [0.2, 0.25) is 5.02 Å². The molecule has 10 heteroatoms. The van der Waals surface area contributed by atoms with Crippen LogP contribution < -0.4 is 10.1 Å². The zero-order valence-electron chi connectivity index (χ0n) is 22.2. The quantitative estimate of drug-likeness (QED) is 0.173. The SMILES string of the molecule is COc1ccc(NC(=O)C(c2ccc(F)cc2)N(Cc2ccc(Cl)cc2)C(=O)CSc2nc(C)cc(C)n2)cc1. The summed E-state index contributed by atoms with van der Waals surface area (Å²) in [6.07, 6.45) is 0. The maximum absolute atomic E-state index is 13.9. The van der Waals surface area contributed by atoms with Gasteiger partial charge >= 0.3 is 0 Å². The Kier molecular flexibility index (Phi) is 9.74. The molecule has 0 fully saturated rings. The van der Waals surface area contributed by atoms with Crippen LogP contribution in [0.5, 0.6) is 5.75 Å². The third kappa shape index (κ3) is 7.80. The molecule has 1 N–H and O–H groups in total. The average Bonchev–Trinajstić information content (AvgIpc) is 2.93. The molecule has 0 aliphatic heterocycles. The van der Waals surface area contributed by atoms with E-state index in [0.29, 0.717) is 27.2 Å². The van der Waals surface area contributed by atoms with E-state index in [1.165, 1.54) is 40.9 Å². The molecule has 1 atom stereocenters. The van der Waals surface area contributed by atoms with Crippen LogP contribution in [0.3, 0.4) is 0 Å². The number of thioether (sulfide) groups is 1. The van der Waals surface area contributed by atoms with Gasteiger partial charge in [-0.1, -0.05) is 47.6 Å². The van der Waals surface area contributed by atoms with E-state index in [9.17, 15) is 14.0 Å². The van der Waals surface area contributed by atoms with Gasteiger partial charge in [-0.05, 0) is 79.6 Å². The molecular formula is C30H28ClFN4O3S. The summed E-state index contributed by atoms with van der Waals surface area (Å²) in [5.74, 6) is -0.590. The highest BCUT2D eigenvalue weighted by Crippen LogP contribution is 2.28. The Labute approximate surface area is 241 Å². The number of carbonyl (C=O) groups excluding carboxylic acids is 2. The fraction of sp³-hybridized carbons (Fsp3) is 0.200. The molecule has 2 amide bonds. The van der Waals surface area contributed by atoms with Crippen LogP contribution in [0.15, 0.2) is 84.0 Å². The molecule has 0 aliphatic rings. The van der Waals surface area contributed by atoms with Gasteiger partial charge in [0.05, 0.1) is 12.9 Å². The van der Waals surface area contributed by atoms with Crippen LogP contribution >= 0.6 is 23.4 Å². The number of hydrogen-bond donors (Lipinski definition) is 1. The molecule has 1 heterocycles. The van der Waals surface area contributed by atoms with Crippen molar-refractivity contribution in [2.45, 2.75) is 31.6 Å². The molecule has 0 saturated carbocycles. The van der Waals surface area contributed by atoms with Gasteiger partial charge in [-0.15, -0.1) is 0 Å². The van der Waals surface area contributed by atoms with Crippen molar-refractivity contribution >= 4 is 40.9 Å². The molecule has 40 heavy (non-hydrogen) atoms. The number of nitrogens with zero attached hydrogens (tertiary/aromatic N) is 3. The van der Waals surface area contributed by atoms with Gasteiger partial charge in [0.25, 0.3) is 5.91 Å². The van der Waals surface area contributed by atoms with Crippen LogP contribution in [-0.2, 0) is 16.1 Å². The zero-order valence-corrected chi connectivity index (χ0v) is 23.8. The molecule has 1 aromatic heterocycles. The molecule has 206 valence electrons. The monoisotopic (exact) mass is 578 g/mol. The van der Waals surface area contributed by atoms with Crippen molar-refractivity contribution in [2.24, 2.45) is 0 Å². The molecule has 7 nitrogen and oxygen atoms in total. The molecular weight excluding hydrogens is 551 g/mol. The Bertz CT molecular complexity index is 1450. The van der Waals surface area contributed by atoms with Gasteiger partial charge in [0.2, 0.25) is 5.91 Å². The van der Waals surface area contributed by atoms with Crippen molar-refractivity contribution in [3.63, 3.8) is 0 Å². The summed E-state index contributed by atoms with van der Waals surface area (Å²) in [6.45, 7) is 3.84. The first-order chi connectivity index (χ1) is 19.2. The number of methoxy groups -OCH3 is 1. The predicted octanol–water partition coefficient (Wildman–Crippen LogP) is 6.40. The number of carbonyl (C=O) groups is 2. The second-order valence-corrected chi connectivity index (χ2v) is 10.4. The number of hydrogen-bond acceptors (Lipinski definition) is 6. The average molecular weight is 579 g/mol. The van der Waals surface area contributed by atoms with Crippen LogP contribution in [0, 0.1) is 19.7 Å². The Hall–Kier alpha value is -3.95. The number of anilines is 1. The number of halogens is 2. The van der Waals surface area contributed by atoms with Crippen LogP contribution in [0.25, 0.3) is 0 Å². The number of aromatic nitrogens is 2. The zero-order chi connectivity index (χ0) is 28.6. The van der Waals surface area contributed by atoms with Gasteiger partial charge in [0.15, 0.2) is 5.16 Å². The minimum absolute atomic E-state index is 0.00993. The van der Waals surface area contributed by atoms with E-state index in [4.69, 9.17) is 16.3 Å². The van der Waals surface area contributed by atoms with Gasteiger partial charge in [0.1, 0.15) is 17.6 Å². The topological polar surface area (TPSA) is 84.4 Å². The van der Waals surface area contributed by atoms with Crippen molar-refractivity contribution in [1.29, 1.82) is 0 Å². The summed E-state index contributed by atoms with van der Waals surface area (Å²) in [7, 11) is 1.56. The van der Waals surface area contributed by atoms with Gasteiger partial charge in [0, 0.05) is 28.6 Å². The fourth-order valence-corrected chi connectivity index (χ4v) is 5.04. The minimum atomic E-state index is -1.06. The van der Waals surface area contributed by atoms with E-state index >= 15 is 0 Å². The lowest BCUT2D eigenvalue weighted by Crippen LogP contribution is -2.41. The van der Waals surface area contributed by atoms with Gasteiger partial charge < -0.3 is 15.0 Å². The summed E-state index contributed by atoms with van der Waals surface area (Å²) in [6, 6.07) is 20.2. The van der Waals surface area contributed by atoms with E-state index in [0.717, 1.165) is 17.0 Å². The van der Waals surface area contributed by atoms with Crippen molar-refractivity contribution in [3.8, 4) is 5.75 Å². The van der Waals surface area contributed by atoms with Crippen LogP contribution in [0.1, 0.15) is 28.6 Å². The number of rotatable bonds is 10. The molecule has 1 unspecified atom stereocenters. The lowest BCUT2D eigenvalue weighted by Gasteiger charge is -2.31. The van der Waals surface area contributed by atoms with Crippen LogP contribution in [-0.4, -0.2) is 39.5 Å². The molecule has 4 aromatic rings. The maximum Gasteiger partial charge on any atom is 0.251 e. The second-order valence-electron chi connectivity index (χ2n) is 9.04. The highest BCUT2D eigenvalue weighted by atomic mass is 35.5. The van der Waals surface area contributed by atoms with E-state index in [1.54, 1.807) is 55.6 Å². The summed E-state index contributed by atoms with van der Waals surface area (Å²) in [4.78, 5) is 38.0. The molecule has 0 spiro atoms. The summed E-state index contributed by atoms with van der Waals surface area (Å²) < 4.78 is 19.1. The van der Waals surface area contributed by atoms with E-state index in [1.807, 2.05) is 19.9 Å². The maximum atomic E-state index is 13.9. The smallest absolute Gasteiger partial charge is 0.251 e. The van der Waals surface area contributed by atoms with E-state index in [-0.39, 0.29) is 18.2 Å². The van der Waals surface area contributed by atoms with Crippen molar-refractivity contribution in [1.82, 2.24) is 14.9 Å². The molecule has 4 rings (SSSR count). The van der Waals surface area contributed by atoms with E-state index in [2.05, 4.69) is 15.3 Å². The predicted molar refractivity (Wildman–Crippen MR) is 155 cm³/mol. The number of nitrogens with one attached hydrogen (secondary N) is 1. The third-order valence-corrected chi connectivity index (χ3v) is 7.06. The van der Waals surface area contributed by atoms with Crippen molar-refractivity contribution < 1.29 is 18.7 Å². The molecule has 0 radical (unpaired) electrons. The Balaban J connectivity index is 1.69. The lowest BCUT2D eigenvalue weighted by atomic mass is 10.0. The first kappa shape index (κ1) is 29.0. The number of ether oxygens (including phenoxy) is 1. The molecule has 0 aliphatic carbocycles. The molecule has 0 saturated heterocycles. The van der Waals surface area contributed by atoms with E-state index < -0.39 is 17.8 Å². The largest absolute Gasteiger partial charge is 0.497 e. The Morgan fingerprint density at radius 1 is 0.975 bits per heavy atom. The van der Waals surface area contributed by atoms with Gasteiger partial charge in [-0.2, -0.15) is 0 Å². The number of benzene rings is 3. The molecule has 0 bridgehead atoms.